The summed E-state index contributed by atoms with van der Waals surface area (Å²) in [6.07, 6.45) is 4.59. The summed E-state index contributed by atoms with van der Waals surface area (Å²) in [4.78, 5) is 13.1. The molecule has 2 N–H and O–H groups in total. The summed E-state index contributed by atoms with van der Waals surface area (Å²) in [7, 11) is 3.63. The predicted octanol–water partition coefficient (Wildman–Crippen LogP) is 1.44. The molecule has 21 heavy (non-hydrogen) atoms. The normalized spacial score (nSPS) is 10.6. The third-order valence-corrected chi connectivity index (χ3v) is 2.98. The Kier molecular flexibility index (Phi) is 5.51. The van der Waals surface area contributed by atoms with Crippen molar-refractivity contribution in [1.29, 1.82) is 0 Å². The Balaban J connectivity index is 1.99. The van der Waals surface area contributed by atoms with Gasteiger partial charge in [-0.25, -0.2) is 15.0 Å². The van der Waals surface area contributed by atoms with Crippen LogP contribution in [0.1, 0.15) is 18.6 Å². The van der Waals surface area contributed by atoms with Gasteiger partial charge in [0.05, 0.1) is 0 Å². The molecule has 0 atom stereocenters. The second kappa shape index (κ2) is 7.58. The largest absolute Gasteiger partial charge is 0.377 e. The van der Waals surface area contributed by atoms with Crippen molar-refractivity contribution in [2.45, 2.75) is 20.0 Å². The lowest BCUT2D eigenvalue weighted by Gasteiger charge is -2.10. The first-order chi connectivity index (χ1) is 10.2. The zero-order valence-corrected chi connectivity index (χ0v) is 12.8. The van der Waals surface area contributed by atoms with Gasteiger partial charge >= 0.3 is 0 Å². The lowest BCUT2D eigenvalue weighted by Crippen LogP contribution is -2.12. The zero-order chi connectivity index (χ0) is 15.1. The fourth-order valence-electron chi connectivity index (χ4n) is 1.99. The van der Waals surface area contributed by atoms with Crippen LogP contribution >= 0.6 is 0 Å². The van der Waals surface area contributed by atoms with Crippen LogP contribution in [0.4, 0.5) is 11.6 Å². The van der Waals surface area contributed by atoms with Crippen molar-refractivity contribution in [2.75, 3.05) is 30.8 Å². The second-order valence-corrected chi connectivity index (χ2v) is 4.65. The highest BCUT2D eigenvalue weighted by molar-refractivity contribution is 5.47. The molecular formula is C14H22N6O. The van der Waals surface area contributed by atoms with E-state index < -0.39 is 0 Å². The third kappa shape index (κ3) is 4.42. The van der Waals surface area contributed by atoms with Crippen molar-refractivity contribution in [1.82, 2.24) is 19.5 Å². The van der Waals surface area contributed by atoms with Crippen molar-refractivity contribution in [3.63, 3.8) is 0 Å². The molecule has 0 radical (unpaired) electrons. The van der Waals surface area contributed by atoms with Gasteiger partial charge in [0.15, 0.2) is 5.82 Å². The van der Waals surface area contributed by atoms with Gasteiger partial charge in [-0.2, -0.15) is 0 Å². The number of hydrogen-bond acceptors (Lipinski definition) is 6. The van der Waals surface area contributed by atoms with Crippen LogP contribution in [-0.2, 0) is 24.8 Å². The molecule has 2 rings (SSSR count). The van der Waals surface area contributed by atoms with E-state index in [1.165, 1.54) is 0 Å². The highest BCUT2D eigenvalue weighted by Crippen LogP contribution is 2.12. The molecule has 7 nitrogen and oxygen atoms in total. The van der Waals surface area contributed by atoms with Gasteiger partial charge in [-0.15, -0.1) is 0 Å². The lowest BCUT2D eigenvalue weighted by molar-refractivity contribution is 0.178. The quantitative estimate of drug-likeness (QED) is 0.766. The first-order valence-electron chi connectivity index (χ1n) is 7.03. The Morgan fingerprint density at radius 2 is 2.00 bits per heavy atom. The number of ether oxygens (including phenoxy) is 1. The van der Waals surface area contributed by atoms with Gasteiger partial charge in [-0.05, 0) is 6.92 Å². The standard InChI is InChI=1S/C14H22N6O/c1-4-15-11-9-12(19-13(18-11)10-21-3)16-6-5-14-17-7-8-20(14)2/h7-9H,4-6,10H2,1-3H3,(H2,15,16,18,19). The molecule has 0 aliphatic carbocycles. The van der Waals surface area contributed by atoms with Crippen LogP contribution in [0.25, 0.3) is 0 Å². The Morgan fingerprint density at radius 1 is 1.24 bits per heavy atom. The molecule has 0 saturated carbocycles. The fraction of sp³-hybridized carbons (Fsp3) is 0.500. The van der Waals surface area contributed by atoms with Crippen LogP contribution in [-0.4, -0.2) is 39.7 Å². The molecule has 2 heterocycles. The Morgan fingerprint density at radius 3 is 2.62 bits per heavy atom. The summed E-state index contributed by atoms with van der Waals surface area (Å²) >= 11 is 0. The first-order valence-corrected chi connectivity index (χ1v) is 7.03. The minimum Gasteiger partial charge on any atom is -0.377 e. The van der Waals surface area contributed by atoms with E-state index in [1.807, 2.05) is 30.8 Å². The van der Waals surface area contributed by atoms with Crippen molar-refractivity contribution < 1.29 is 4.74 Å². The molecule has 0 aromatic carbocycles. The lowest BCUT2D eigenvalue weighted by atomic mass is 10.4. The monoisotopic (exact) mass is 290 g/mol. The van der Waals surface area contributed by atoms with Crippen molar-refractivity contribution in [3.8, 4) is 0 Å². The number of hydrogen-bond donors (Lipinski definition) is 2. The zero-order valence-electron chi connectivity index (χ0n) is 12.8. The number of methoxy groups -OCH3 is 1. The minimum atomic E-state index is 0.396. The summed E-state index contributed by atoms with van der Waals surface area (Å²) in [5.74, 6) is 3.30. The van der Waals surface area contributed by atoms with E-state index in [9.17, 15) is 0 Å². The van der Waals surface area contributed by atoms with E-state index in [0.29, 0.717) is 12.4 Å². The van der Waals surface area contributed by atoms with Gasteiger partial charge in [-0.3, -0.25) is 0 Å². The van der Waals surface area contributed by atoms with Gasteiger partial charge < -0.3 is 19.9 Å². The maximum atomic E-state index is 5.10. The van der Waals surface area contributed by atoms with Crippen molar-refractivity contribution >= 4 is 11.6 Å². The number of nitrogens with one attached hydrogen (secondary N) is 2. The number of aromatic nitrogens is 4. The summed E-state index contributed by atoms with van der Waals surface area (Å²) in [5, 5.41) is 6.50. The van der Waals surface area contributed by atoms with E-state index >= 15 is 0 Å². The van der Waals surface area contributed by atoms with Crippen LogP contribution in [0.5, 0.6) is 0 Å². The third-order valence-electron chi connectivity index (χ3n) is 2.98. The fourth-order valence-corrected chi connectivity index (χ4v) is 1.99. The first kappa shape index (κ1) is 15.2. The van der Waals surface area contributed by atoms with E-state index in [2.05, 4.69) is 25.6 Å². The average Bonchev–Trinajstić information content (AvgIpc) is 2.85. The maximum Gasteiger partial charge on any atom is 0.158 e. The van der Waals surface area contributed by atoms with Crippen LogP contribution in [0.15, 0.2) is 18.5 Å². The molecular weight excluding hydrogens is 268 g/mol. The molecule has 0 saturated heterocycles. The molecule has 0 unspecified atom stereocenters. The van der Waals surface area contributed by atoms with E-state index in [-0.39, 0.29) is 0 Å². The summed E-state index contributed by atoms with van der Waals surface area (Å²) in [6, 6.07) is 1.90. The van der Waals surface area contributed by atoms with E-state index in [4.69, 9.17) is 4.74 Å². The van der Waals surface area contributed by atoms with Crippen LogP contribution in [0, 0.1) is 0 Å². The highest BCUT2D eigenvalue weighted by atomic mass is 16.5. The molecule has 2 aromatic heterocycles. The molecule has 114 valence electrons. The highest BCUT2D eigenvalue weighted by Gasteiger charge is 2.05. The number of imidazole rings is 1. The van der Waals surface area contributed by atoms with E-state index in [1.54, 1.807) is 13.3 Å². The molecule has 0 aliphatic rings. The second-order valence-electron chi connectivity index (χ2n) is 4.65. The van der Waals surface area contributed by atoms with Crippen molar-refractivity contribution in [2.24, 2.45) is 7.05 Å². The number of anilines is 2. The SMILES string of the molecule is CCNc1cc(NCCc2nccn2C)nc(COC)n1. The van der Waals surface area contributed by atoms with Gasteiger partial charge in [0.25, 0.3) is 0 Å². The van der Waals surface area contributed by atoms with Gasteiger partial charge in [-0.1, -0.05) is 0 Å². The molecule has 2 aromatic rings. The summed E-state index contributed by atoms with van der Waals surface area (Å²) in [6.45, 7) is 4.01. The Hall–Kier alpha value is -2.15. The number of rotatable bonds is 8. The molecule has 0 aliphatic heterocycles. The van der Waals surface area contributed by atoms with Crippen LogP contribution in [0.3, 0.4) is 0 Å². The molecule has 0 amide bonds. The maximum absolute atomic E-state index is 5.10. The van der Waals surface area contributed by atoms with Crippen LogP contribution in [0.2, 0.25) is 0 Å². The topological polar surface area (TPSA) is 76.9 Å². The molecule has 0 spiro atoms. The van der Waals surface area contributed by atoms with Crippen molar-refractivity contribution in [3.05, 3.63) is 30.1 Å². The van der Waals surface area contributed by atoms with E-state index in [0.717, 1.165) is 37.0 Å². The molecule has 7 heteroatoms. The van der Waals surface area contributed by atoms with Gasteiger partial charge in [0.2, 0.25) is 0 Å². The van der Waals surface area contributed by atoms with Gasteiger partial charge in [0.1, 0.15) is 24.1 Å². The van der Waals surface area contributed by atoms with Crippen LogP contribution < -0.4 is 10.6 Å². The number of aryl methyl sites for hydroxylation is 1. The average molecular weight is 290 g/mol. The Labute approximate surface area is 124 Å². The molecule has 0 bridgehead atoms. The van der Waals surface area contributed by atoms with Gasteiger partial charge in [0, 0.05) is 52.1 Å². The minimum absolute atomic E-state index is 0.396. The smallest absolute Gasteiger partial charge is 0.158 e. The summed E-state index contributed by atoms with van der Waals surface area (Å²) < 4.78 is 7.12. The Bertz CT molecular complexity index is 544. The number of nitrogens with zero attached hydrogens (tertiary/aromatic N) is 4. The summed E-state index contributed by atoms with van der Waals surface area (Å²) in [5.41, 5.74) is 0. The molecule has 0 fully saturated rings. The predicted molar refractivity (Wildman–Crippen MR) is 82.3 cm³/mol.